The Balaban J connectivity index is 1.20. The minimum absolute atomic E-state index is 0.190. The monoisotopic (exact) mass is 528 g/mol. The molecule has 0 atom stereocenters. The second-order valence-corrected chi connectivity index (χ2v) is 9.96. The Hall–Kier alpha value is -4.32. The Labute approximate surface area is 222 Å². The number of nitrogens with one attached hydrogen (secondary N) is 4. The molecule has 0 radical (unpaired) electrons. The van der Waals surface area contributed by atoms with E-state index in [9.17, 15) is 14.4 Å². The maximum atomic E-state index is 13.6. The van der Waals surface area contributed by atoms with Crippen molar-refractivity contribution in [2.45, 2.75) is 6.54 Å². The molecular weight excluding hydrogens is 504 g/mol. The maximum absolute atomic E-state index is 13.6. The van der Waals surface area contributed by atoms with Crippen LogP contribution in [0.5, 0.6) is 0 Å². The van der Waals surface area contributed by atoms with Crippen molar-refractivity contribution in [3.63, 3.8) is 0 Å². The molecule has 6 rings (SSSR count). The number of benzene rings is 2. The summed E-state index contributed by atoms with van der Waals surface area (Å²) in [5.41, 5.74) is 6.81. The molecule has 3 heterocycles. The van der Waals surface area contributed by atoms with Crippen LogP contribution in [0.1, 0.15) is 31.2 Å². The number of nitrogens with zero attached hydrogens (tertiary/aromatic N) is 2. The highest BCUT2D eigenvalue weighted by molar-refractivity contribution is 7.17. The summed E-state index contributed by atoms with van der Waals surface area (Å²) >= 11 is 1.27. The molecule has 0 unspecified atom stereocenters. The second-order valence-electron chi connectivity index (χ2n) is 8.88. The van der Waals surface area contributed by atoms with E-state index < -0.39 is 6.03 Å². The van der Waals surface area contributed by atoms with E-state index in [1.807, 2.05) is 36.4 Å². The number of hydrogen-bond donors (Lipinski definition) is 4. The van der Waals surface area contributed by atoms with Gasteiger partial charge in [0.25, 0.3) is 5.91 Å². The summed E-state index contributed by atoms with van der Waals surface area (Å²) in [4.78, 5) is 40.2. The van der Waals surface area contributed by atoms with Crippen molar-refractivity contribution in [1.82, 2.24) is 25.9 Å². The third-order valence-electron chi connectivity index (χ3n) is 6.43. The van der Waals surface area contributed by atoms with Crippen LogP contribution in [0.25, 0.3) is 21.8 Å². The van der Waals surface area contributed by atoms with Crippen LogP contribution in [0.15, 0.2) is 60.7 Å². The number of morpholine rings is 1. The molecule has 0 spiro atoms. The molecule has 1 aliphatic heterocycles. The fraction of sp³-hybridized carbons (Fsp3) is 0.185. The summed E-state index contributed by atoms with van der Waals surface area (Å²) in [6.07, 6.45) is 0. The average molecular weight is 529 g/mol. The van der Waals surface area contributed by atoms with Crippen LogP contribution in [-0.2, 0) is 11.3 Å². The number of thiophene rings is 1. The standard InChI is InChI=1S/C27H24N6O4S/c34-25-21-17(7-4-8-18(21)29-27(36)32-33-11-13-37-14-12-33)23-22(25)24(31-30-23)19-9-10-20(38-19)26(35)28-15-16-5-2-1-3-6-16/h1-10H,11-15H2,(H,28,35)(H,30,31)(H2,29,32,36). The van der Waals surface area contributed by atoms with Crippen molar-refractivity contribution in [3.05, 3.63) is 82.2 Å². The van der Waals surface area contributed by atoms with E-state index in [4.69, 9.17) is 4.74 Å². The van der Waals surface area contributed by atoms with Crippen molar-refractivity contribution in [1.29, 1.82) is 0 Å². The van der Waals surface area contributed by atoms with Crippen LogP contribution >= 0.6 is 11.3 Å². The Kier molecular flexibility index (Phi) is 6.46. The van der Waals surface area contributed by atoms with E-state index >= 15 is 0 Å². The number of hydrazine groups is 1. The fourth-order valence-electron chi connectivity index (χ4n) is 4.59. The van der Waals surface area contributed by atoms with E-state index in [0.717, 1.165) is 5.56 Å². The number of aromatic amines is 1. The maximum Gasteiger partial charge on any atom is 0.333 e. The zero-order valence-electron chi connectivity index (χ0n) is 20.2. The predicted molar refractivity (Wildman–Crippen MR) is 143 cm³/mol. The van der Waals surface area contributed by atoms with E-state index in [0.29, 0.717) is 76.4 Å². The highest BCUT2D eigenvalue weighted by Gasteiger charge is 2.35. The number of aromatic nitrogens is 2. The lowest BCUT2D eigenvalue weighted by Gasteiger charge is -2.27. The van der Waals surface area contributed by atoms with Gasteiger partial charge in [-0.2, -0.15) is 5.10 Å². The Morgan fingerprint density at radius 2 is 1.82 bits per heavy atom. The fourth-order valence-corrected chi connectivity index (χ4v) is 5.51. The molecule has 4 aromatic rings. The highest BCUT2D eigenvalue weighted by Crippen LogP contribution is 2.44. The first-order chi connectivity index (χ1) is 18.6. The summed E-state index contributed by atoms with van der Waals surface area (Å²) in [7, 11) is 0. The first-order valence-electron chi connectivity index (χ1n) is 12.2. The number of H-pyrrole nitrogens is 1. The number of carbonyl (C=O) groups is 3. The number of amides is 3. The Morgan fingerprint density at radius 1 is 1.00 bits per heavy atom. The second kappa shape index (κ2) is 10.2. The molecule has 0 bridgehead atoms. The number of fused-ring (bicyclic) bond motifs is 3. The number of rotatable bonds is 6. The zero-order valence-corrected chi connectivity index (χ0v) is 21.1. The molecule has 2 aliphatic rings. The van der Waals surface area contributed by atoms with Crippen LogP contribution in [0.4, 0.5) is 10.5 Å². The topological polar surface area (TPSA) is 128 Å². The van der Waals surface area contributed by atoms with Crippen LogP contribution in [-0.4, -0.2) is 59.2 Å². The Morgan fingerprint density at radius 3 is 2.63 bits per heavy atom. The van der Waals surface area contributed by atoms with Crippen molar-refractivity contribution < 1.29 is 19.1 Å². The largest absolute Gasteiger partial charge is 0.379 e. The quantitative estimate of drug-likeness (QED) is 0.266. The van der Waals surface area contributed by atoms with Gasteiger partial charge in [0.2, 0.25) is 0 Å². The van der Waals surface area contributed by atoms with E-state index in [1.165, 1.54) is 11.3 Å². The molecule has 38 heavy (non-hydrogen) atoms. The SMILES string of the molecule is O=C(Nc1cccc2c1C(=O)c1c(-c3ccc(C(=O)NCc4ccccc4)s3)n[nH]c1-2)NN1CCOCC1. The van der Waals surface area contributed by atoms with Crippen LogP contribution in [0.3, 0.4) is 0 Å². The smallest absolute Gasteiger partial charge is 0.333 e. The first-order valence-corrected chi connectivity index (χ1v) is 13.0. The molecule has 2 aromatic carbocycles. The van der Waals surface area contributed by atoms with Crippen LogP contribution in [0.2, 0.25) is 0 Å². The number of urea groups is 1. The minimum Gasteiger partial charge on any atom is -0.379 e. The zero-order chi connectivity index (χ0) is 26.1. The molecule has 10 nitrogen and oxygen atoms in total. The van der Waals surface area contributed by atoms with Gasteiger partial charge in [-0.05, 0) is 23.8 Å². The van der Waals surface area contributed by atoms with Gasteiger partial charge in [0.1, 0.15) is 5.69 Å². The number of ketones is 1. The summed E-state index contributed by atoms with van der Waals surface area (Å²) in [6.45, 7) is 2.69. The molecule has 3 amide bonds. The lowest BCUT2D eigenvalue weighted by molar-refractivity contribution is 0.0207. The molecular formula is C27H24N6O4S. The third kappa shape index (κ3) is 4.58. The summed E-state index contributed by atoms with van der Waals surface area (Å²) in [5.74, 6) is -0.422. The van der Waals surface area contributed by atoms with Gasteiger partial charge >= 0.3 is 6.03 Å². The number of anilines is 1. The molecule has 0 saturated carbocycles. The summed E-state index contributed by atoms with van der Waals surface area (Å²) in [6, 6.07) is 18.1. The Bertz CT molecular complexity index is 1520. The van der Waals surface area contributed by atoms with E-state index in [1.54, 1.807) is 29.3 Å². The first kappa shape index (κ1) is 24.0. The summed E-state index contributed by atoms with van der Waals surface area (Å²) in [5, 5.41) is 14.9. The van der Waals surface area contributed by atoms with Gasteiger partial charge in [-0.25, -0.2) is 9.80 Å². The molecule has 1 fully saturated rings. The van der Waals surface area contributed by atoms with Crippen molar-refractivity contribution in [3.8, 4) is 21.8 Å². The van der Waals surface area contributed by atoms with Gasteiger partial charge in [0.15, 0.2) is 5.78 Å². The van der Waals surface area contributed by atoms with Crippen molar-refractivity contribution >= 4 is 34.7 Å². The van der Waals surface area contributed by atoms with Gasteiger partial charge < -0.3 is 15.4 Å². The number of carbonyl (C=O) groups excluding carboxylic acids is 3. The molecule has 1 aliphatic carbocycles. The molecule has 2 aromatic heterocycles. The van der Waals surface area contributed by atoms with Gasteiger partial charge in [-0.15, -0.1) is 11.3 Å². The third-order valence-corrected chi connectivity index (χ3v) is 7.52. The lowest BCUT2D eigenvalue weighted by Crippen LogP contribution is -2.49. The van der Waals surface area contributed by atoms with Crippen molar-refractivity contribution in [2.24, 2.45) is 0 Å². The average Bonchev–Trinajstić information content (AvgIpc) is 3.66. The van der Waals surface area contributed by atoms with Crippen LogP contribution < -0.4 is 16.1 Å². The normalized spacial score (nSPS) is 14.6. The van der Waals surface area contributed by atoms with E-state index in [2.05, 4.69) is 26.3 Å². The highest BCUT2D eigenvalue weighted by atomic mass is 32.1. The predicted octanol–water partition coefficient (Wildman–Crippen LogP) is 3.65. The molecule has 4 N–H and O–H groups in total. The molecule has 192 valence electrons. The number of ether oxygens (including phenoxy) is 1. The van der Waals surface area contributed by atoms with Crippen LogP contribution in [0, 0.1) is 0 Å². The molecule has 1 saturated heterocycles. The molecule has 11 heteroatoms. The van der Waals surface area contributed by atoms with Crippen molar-refractivity contribution in [2.75, 3.05) is 31.6 Å². The lowest BCUT2D eigenvalue weighted by atomic mass is 10.1. The number of hydrogen-bond acceptors (Lipinski definition) is 7. The van der Waals surface area contributed by atoms with Gasteiger partial charge in [-0.1, -0.05) is 42.5 Å². The minimum atomic E-state index is -0.425. The van der Waals surface area contributed by atoms with Gasteiger partial charge in [0, 0.05) is 25.2 Å². The summed E-state index contributed by atoms with van der Waals surface area (Å²) < 4.78 is 5.30. The van der Waals surface area contributed by atoms with E-state index in [-0.39, 0.29) is 11.7 Å². The van der Waals surface area contributed by atoms with Gasteiger partial charge in [-0.3, -0.25) is 20.1 Å². The van der Waals surface area contributed by atoms with Gasteiger partial charge in [0.05, 0.1) is 45.5 Å².